The highest BCUT2D eigenvalue weighted by Crippen LogP contribution is 2.09. The molecule has 4 heteroatoms. The Balaban J connectivity index is 1.80. The van der Waals surface area contributed by atoms with Gasteiger partial charge in [0.15, 0.2) is 0 Å². The second-order valence-corrected chi connectivity index (χ2v) is 3.28. The fraction of sp³-hybridized carbons (Fsp3) is 0.400. The van der Waals surface area contributed by atoms with Crippen molar-refractivity contribution in [3.05, 3.63) is 24.4 Å². The first-order chi connectivity index (χ1) is 6.84. The number of hydrogen-bond donors (Lipinski definition) is 1. The van der Waals surface area contributed by atoms with Crippen LogP contribution in [-0.4, -0.2) is 23.5 Å². The SMILES string of the molecule is O=C1CCC(COc2ccccn2)N1. The van der Waals surface area contributed by atoms with Gasteiger partial charge in [0.1, 0.15) is 6.61 Å². The average Bonchev–Trinajstić information content (AvgIpc) is 2.63. The monoisotopic (exact) mass is 192 g/mol. The van der Waals surface area contributed by atoms with Gasteiger partial charge in [0.2, 0.25) is 11.8 Å². The first-order valence-electron chi connectivity index (χ1n) is 4.68. The minimum Gasteiger partial charge on any atom is -0.475 e. The Bertz CT molecular complexity index is 313. The molecule has 0 saturated carbocycles. The molecule has 2 heterocycles. The van der Waals surface area contributed by atoms with Gasteiger partial charge in [-0.05, 0) is 12.5 Å². The van der Waals surface area contributed by atoms with E-state index >= 15 is 0 Å². The zero-order chi connectivity index (χ0) is 9.80. The van der Waals surface area contributed by atoms with Gasteiger partial charge in [-0.15, -0.1) is 0 Å². The highest BCUT2D eigenvalue weighted by molar-refractivity contribution is 5.78. The summed E-state index contributed by atoms with van der Waals surface area (Å²) in [5, 5.41) is 2.83. The lowest BCUT2D eigenvalue weighted by Gasteiger charge is -2.10. The zero-order valence-corrected chi connectivity index (χ0v) is 7.77. The Morgan fingerprint density at radius 3 is 3.14 bits per heavy atom. The maximum Gasteiger partial charge on any atom is 0.220 e. The predicted molar refractivity (Wildman–Crippen MR) is 50.9 cm³/mol. The highest BCUT2D eigenvalue weighted by Gasteiger charge is 2.20. The molecule has 74 valence electrons. The maximum absolute atomic E-state index is 10.9. The summed E-state index contributed by atoms with van der Waals surface area (Å²) in [7, 11) is 0. The van der Waals surface area contributed by atoms with Gasteiger partial charge < -0.3 is 10.1 Å². The maximum atomic E-state index is 10.9. The topological polar surface area (TPSA) is 51.2 Å². The van der Waals surface area contributed by atoms with E-state index in [-0.39, 0.29) is 11.9 Å². The summed E-state index contributed by atoms with van der Waals surface area (Å²) in [6.07, 6.45) is 3.14. The van der Waals surface area contributed by atoms with Crippen LogP contribution in [0.25, 0.3) is 0 Å². The van der Waals surface area contributed by atoms with Crippen LogP contribution in [0.2, 0.25) is 0 Å². The van der Waals surface area contributed by atoms with Crippen LogP contribution in [0.1, 0.15) is 12.8 Å². The molecule has 0 radical (unpaired) electrons. The molecular formula is C10H12N2O2. The number of ether oxygens (including phenoxy) is 1. The van der Waals surface area contributed by atoms with E-state index in [4.69, 9.17) is 4.74 Å². The quantitative estimate of drug-likeness (QED) is 0.768. The van der Waals surface area contributed by atoms with Gasteiger partial charge in [-0.3, -0.25) is 4.79 Å². The number of pyridine rings is 1. The number of hydrogen-bond acceptors (Lipinski definition) is 3. The first kappa shape index (κ1) is 8.99. The lowest BCUT2D eigenvalue weighted by atomic mass is 10.2. The molecule has 1 aliphatic heterocycles. The van der Waals surface area contributed by atoms with Gasteiger partial charge in [0.25, 0.3) is 0 Å². The molecule has 1 saturated heterocycles. The van der Waals surface area contributed by atoms with E-state index in [1.165, 1.54) is 0 Å². The summed E-state index contributed by atoms with van der Waals surface area (Å²) >= 11 is 0. The summed E-state index contributed by atoms with van der Waals surface area (Å²) in [5.74, 6) is 0.716. The molecule has 14 heavy (non-hydrogen) atoms. The zero-order valence-electron chi connectivity index (χ0n) is 7.77. The van der Waals surface area contributed by atoms with Gasteiger partial charge in [-0.1, -0.05) is 6.07 Å². The molecule has 1 fully saturated rings. The van der Waals surface area contributed by atoms with Crippen molar-refractivity contribution >= 4 is 5.91 Å². The molecule has 4 nitrogen and oxygen atoms in total. The van der Waals surface area contributed by atoms with E-state index in [1.807, 2.05) is 12.1 Å². The van der Waals surface area contributed by atoms with Crippen LogP contribution in [0.4, 0.5) is 0 Å². The summed E-state index contributed by atoms with van der Waals surface area (Å²) in [6, 6.07) is 5.65. The standard InChI is InChI=1S/C10H12N2O2/c13-9-5-4-8(12-9)7-14-10-3-1-2-6-11-10/h1-3,6,8H,4-5,7H2,(H,12,13). The van der Waals surface area contributed by atoms with Crippen molar-refractivity contribution in [3.63, 3.8) is 0 Å². The van der Waals surface area contributed by atoms with E-state index in [9.17, 15) is 4.79 Å². The average molecular weight is 192 g/mol. The molecule has 0 bridgehead atoms. The van der Waals surface area contributed by atoms with Crippen LogP contribution in [0, 0.1) is 0 Å². The van der Waals surface area contributed by atoms with Crippen molar-refractivity contribution in [3.8, 4) is 5.88 Å². The van der Waals surface area contributed by atoms with Crippen LogP contribution in [0.5, 0.6) is 5.88 Å². The Kier molecular flexibility index (Phi) is 2.62. The molecule has 1 N–H and O–H groups in total. The summed E-state index contributed by atoms with van der Waals surface area (Å²) < 4.78 is 5.41. The molecule has 1 aromatic rings. The molecule has 1 atom stereocenters. The second kappa shape index (κ2) is 4.09. The molecule has 0 aliphatic carbocycles. The Hall–Kier alpha value is -1.58. The van der Waals surface area contributed by atoms with Crippen LogP contribution in [0.15, 0.2) is 24.4 Å². The highest BCUT2D eigenvalue weighted by atomic mass is 16.5. The Morgan fingerprint density at radius 1 is 1.57 bits per heavy atom. The number of nitrogens with one attached hydrogen (secondary N) is 1. The fourth-order valence-corrected chi connectivity index (χ4v) is 1.42. The van der Waals surface area contributed by atoms with Crippen LogP contribution in [0.3, 0.4) is 0 Å². The Labute approximate surface area is 82.3 Å². The third-order valence-electron chi connectivity index (χ3n) is 2.16. The lowest BCUT2D eigenvalue weighted by Crippen LogP contribution is -2.30. The number of nitrogens with zero attached hydrogens (tertiary/aromatic N) is 1. The van der Waals surface area contributed by atoms with Crippen molar-refractivity contribution in [2.45, 2.75) is 18.9 Å². The van der Waals surface area contributed by atoms with Crippen molar-refractivity contribution < 1.29 is 9.53 Å². The van der Waals surface area contributed by atoms with Crippen molar-refractivity contribution in [1.82, 2.24) is 10.3 Å². The van der Waals surface area contributed by atoms with E-state index < -0.39 is 0 Å². The molecule has 1 aromatic heterocycles. The van der Waals surface area contributed by atoms with Crippen LogP contribution < -0.4 is 10.1 Å². The first-order valence-corrected chi connectivity index (χ1v) is 4.68. The molecule has 1 aliphatic rings. The minimum atomic E-state index is 0.111. The fourth-order valence-electron chi connectivity index (χ4n) is 1.42. The molecule has 1 unspecified atom stereocenters. The van der Waals surface area contributed by atoms with E-state index in [0.717, 1.165) is 6.42 Å². The smallest absolute Gasteiger partial charge is 0.220 e. The van der Waals surface area contributed by atoms with Crippen molar-refractivity contribution in [1.29, 1.82) is 0 Å². The number of aromatic nitrogens is 1. The molecule has 0 spiro atoms. The molecule has 2 rings (SSSR count). The Morgan fingerprint density at radius 2 is 2.50 bits per heavy atom. The van der Waals surface area contributed by atoms with Crippen molar-refractivity contribution in [2.24, 2.45) is 0 Å². The summed E-state index contributed by atoms with van der Waals surface area (Å²) in [6.45, 7) is 0.503. The number of carbonyl (C=O) groups excluding carboxylic acids is 1. The molecular weight excluding hydrogens is 180 g/mol. The third-order valence-corrected chi connectivity index (χ3v) is 2.16. The number of rotatable bonds is 3. The molecule has 0 aromatic carbocycles. The van der Waals surface area contributed by atoms with E-state index in [0.29, 0.717) is 18.9 Å². The van der Waals surface area contributed by atoms with Gasteiger partial charge in [-0.2, -0.15) is 0 Å². The van der Waals surface area contributed by atoms with Gasteiger partial charge >= 0.3 is 0 Å². The van der Waals surface area contributed by atoms with E-state index in [1.54, 1.807) is 12.3 Å². The van der Waals surface area contributed by atoms with E-state index in [2.05, 4.69) is 10.3 Å². The summed E-state index contributed by atoms with van der Waals surface area (Å²) in [4.78, 5) is 14.9. The summed E-state index contributed by atoms with van der Waals surface area (Å²) in [5.41, 5.74) is 0. The number of amides is 1. The van der Waals surface area contributed by atoms with Gasteiger partial charge in [-0.25, -0.2) is 4.98 Å². The van der Waals surface area contributed by atoms with Crippen LogP contribution >= 0.6 is 0 Å². The predicted octanol–water partition coefficient (Wildman–Crippen LogP) is 0.739. The lowest BCUT2D eigenvalue weighted by molar-refractivity contribution is -0.119. The van der Waals surface area contributed by atoms with Crippen molar-refractivity contribution in [2.75, 3.05) is 6.61 Å². The minimum absolute atomic E-state index is 0.111. The molecule has 1 amide bonds. The third kappa shape index (κ3) is 2.22. The van der Waals surface area contributed by atoms with Gasteiger partial charge in [0, 0.05) is 18.7 Å². The normalized spacial score (nSPS) is 20.6. The second-order valence-electron chi connectivity index (χ2n) is 3.28. The number of carbonyl (C=O) groups is 1. The van der Waals surface area contributed by atoms with Gasteiger partial charge in [0.05, 0.1) is 6.04 Å². The van der Waals surface area contributed by atoms with Crippen LogP contribution in [-0.2, 0) is 4.79 Å². The largest absolute Gasteiger partial charge is 0.475 e.